The van der Waals surface area contributed by atoms with Crippen LogP contribution in [0.1, 0.15) is 43.7 Å². The summed E-state index contributed by atoms with van der Waals surface area (Å²) >= 11 is 0. The molecule has 3 nitrogen and oxygen atoms in total. The summed E-state index contributed by atoms with van der Waals surface area (Å²) in [7, 11) is 0. The van der Waals surface area contributed by atoms with Crippen molar-refractivity contribution in [2.24, 2.45) is 23.7 Å². The zero-order valence-corrected chi connectivity index (χ0v) is 13.8. The van der Waals surface area contributed by atoms with Gasteiger partial charge in [0.25, 0.3) is 0 Å². The van der Waals surface area contributed by atoms with E-state index in [0.717, 1.165) is 19.3 Å². The first-order valence-electron chi connectivity index (χ1n) is 8.91. The molecule has 0 aromatic heterocycles. The summed E-state index contributed by atoms with van der Waals surface area (Å²) in [6, 6.07) is 7.94. The molecule has 1 amide bonds. The van der Waals surface area contributed by atoms with Crippen LogP contribution in [0.2, 0.25) is 0 Å². The Labute approximate surface area is 144 Å². The molecule has 4 fully saturated rings. The quantitative estimate of drug-likeness (QED) is 0.872. The molecule has 0 spiro atoms. The number of hydrogen-bond acceptors (Lipinski definition) is 2. The number of alkyl halides is 3. The van der Waals surface area contributed by atoms with Gasteiger partial charge in [0.2, 0.25) is 0 Å². The number of carbonyl (C=O) groups is 1. The number of nitrogens with one attached hydrogen (secondary N) is 1. The van der Waals surface area contributed by atoms with E-state index in [1.54, 1.807) is 30.3 Å². The molecule has 4 aliphatic carbocycles. The first kappa shape index (κ1) is 16.9. The Balaban J connectivity index is 1.69. The summed E-state index contributed by atoms with van der Waals surface area (Å²) < 4.78 is 38.6. The van der Waals surface area contributed by atoms with E-state index >= 15 is 0 Å². The van der Waals surface area contributed by atoms with Crippen molar-refractivity contribution in [1.82, 2.24) is 5.32 Å². The first-order valence-corrected chi connectivity index (χ1v) is 8.91. The molecule has 5 rings (SSSR count). The maximum Gasteiger partial charge on any atom is 0.471 e. The molecular formula is C19H22F3NO2. The molecule has 1 unspecified atom stereocenters. The molecule has 1 aromatic carbocycles. The second kappa shape index (κ2) is 5.73. The minimum Gasteiger partial charge on any atom is -0.389 e. The molecule has 0 saturated heterocycles. The van der Waals surface area contributed by atoms with Crippen molar-refractivity contribution in [2.45, 2.75) is 49.9 Å². The Bertz CT molecular complexity index is 646. The van der Waals surface area contributed by atoms with Gasteiger partial charge >= 0.3 is 12.1 Å². The number of carbonyl (C=O) groups excluding carboxylic acids is 1. The standard InChI is InChI=1S/C19H22F3NO2/c20-19(21,22)17(24)23-16(13-4-2-1-3-5-13)15-14-7-11-6-12(8-14)10-18(15,25)9-11/h1-5,11-12,14-16,25H,6-10H2,(H,23,24)/t11-,12+,14-,15-,16+,18?/m1/s1. The molecule has 0 aliphatic heterocycles. The van der Waals surface area contributed by atoms with E-state index in [1.807, 2.05) is 0 Å². The largest absolute Gasteiger partial charge is 0.471 e. The molecule has 25 heavy (non-hydrogen) atoms. The van der Waals surface area contributed by atoms with Gasteiger partial charge in [-0.3, -0.25) is 4.79 Å². The highest BCUT2D eigenvalue weighted by Crippen LogP contribution is 2.61. The molecule has 4 saturated carbocycles. The van der Waals surface area contributed by atoms with Gasteiger partial charge in [-0.15, -0.1) is 0 Å². The summed E-state index contributed by atoms with van der Waals surface area (Å²) in [5.74, 6) is -1.20. The van der Waals surface area contributed by atoms with Crippen molar-refractivity contribution in [3.8, 4) is 0 Å². The van der Waals surface area contributed by atoms with Crippen molar-refractivity contribution < 1.29 is 23.1 Å². The van der Waals surface area contributed by atoms with Crippen LogP contribution in [-0.4, -0.2) is 22.8 Å². The van der Waals surface area contributed by atoms with Crippen LogP contribution in [0, 0.1) is 23.7 Å². The Kier molecular flexibility index (Phi) is 3.87. The predicted molar refractivity (Wildman–Crippen MR) is 85.4 cm³/mol. The van der Waals surface area contributed by atoms with E-state index < -0.39 is 23.7 Å². The molecule has 4 bridgehead atoms. The van der Waals surface area contributed by atoms with Crippen LogP contribution in [0.15, 0.2) is 30.3 Å². The van der Waals surface area contributed by atoms with E-state index in [0.29, 0.717) is 30.2 Å². The van der Waals surface area contributed by atoms with Gasteiger partial charge in [-0.1, -0.05) is 30.3 Å². The molecule has 2 N–H and O–H groups in total. The van der Waals surface area contributed by atoms with E-state index in [2.05, 4.69) is 5.32 Å². The third-order valence-corrected chi connectivity index (χ3v) is 6.41. The van der Waals surface area contributed by atoms with Crippen molar-refractivity contribution in [3.63, 3.8) is 0 Å². The number of rotatable bonds is 3. The number of hydrogen-bond donors (Lipinski definition) is 2. The van der Waals surface area contributed by atoms with Crippen LogP contribution >= 0.6 is 0 Å². The van der Waals surface area contributed by atoms with Gasteiger partial charge in [-0.05, 0) is 55.4 Å². The second-order valence-corrected chi connectivity index (χ2v) is 8.10. The van der Waals surface area contributed by atoms with Gasteiger partial charge in [0.05, 0.1) is 11.6 Å². The fourth-order valence-corrected chi connectivity index (χ4v) is 5.88. The summed E-state index contributed by atoms with van der Waals surface area (Å²) in [6.45, 7) is 0. The Morgan fingerprint density at radius 3 is 2.24 bits per heavy atom. The monoisotopic (exact) mass is 353 g/mol. The third kappa shape index (κ3) is 2.94. The topological polar surface area (TPSA) is 49.3 Å². The molecule has 136 valence electrons. The lowest BCUT2D eigenvalue weighted by Crippen LogP contribution is -2.61. The van der Waals surface area contributed by atoms with Gasteiger partial charge in [0.15, 0.2) is 0 Å². The maximum absolute atomic E-state index is 12.9. The fourth-order valence-electron chi connectivity index (χ4n) is 5.88. The van der Waals surface area contributed by atoms with E-state index in [1.165, 1.54) is 0 Å². The van der Waals surface area contributed by atoms with Gasteiger partial charge in [0.1, 0.15) is 0 Å². The average Bonchev–Trinajstić information content (AvgIpc) is 2.51. The minimum atomic E-state index is -4.93. The molecule has 6 heteroatoms. The number of aliphatic hydroxyl groups is 1. The van der Waals surface area contributed by atoms with Gasteiger partial charge in [0, 0.05) is 5.92 Å². The second-order valence-electron chi connectivity index (χ2n) is 8.10. The van der Waals surface area contributed by atoms with E-state index in [9.17, 15) is 23.1 Å². The zero-order chi connectivity index (χ0) is 17.8. The van der Waals surface area contributed by atoms with Crippen LogP contribution in [-0.2, 0) is 4.79 Å². The van der Waals surface area contributed by atoms with Crippen molar-refractivity contribution in [1.29, 1.82) is 0 Å². The SMILES string of the molecule is O=C(N[C@@H](c1ccccc1)[C@H]1[C@@H]2C[C@H]3C[C@@H](C2)CC1(O)C3)C(F)(F)F. The average molecular weight is 353 g/mol. The van der Waals surface area contributed by atoms with Crippen LogP contribution in [0.3, 0.4) is 0 Å². The number of halogens is 3. The molecule has 1 aromatic rings. The summed E-state index contributed by atoms with van der Waals surface area (Å²) in [5.41, 5.74) is -0.347. The lowest BCUT2D eigenvalue weighted by Gasteiger charge is -2.60. The van der Waals surface area contributed by atoms with Crippen molar-refractivity contribution in [3.05, 3.63) is 35.9 Å². The lowest BCUT2D eigenvalue weighted by molar-refractivity contribution is -0.190. The van der Waals surface area contributed by atoms with Crippen molar-refractivity contribution in [2.75, 3.05) is 0 Å². The van der Waals surface area contributed by atoms with E-state index in [4.69, 9.17) is 0 Å². The molecule has 4 aliphatic rings. The van der Waals surface area contributed by atoms with Gasteiger partial charge in [-0.25, -0.2) is 0 Å². The highest BCUT2D eigenvalue weighted by atomic mass is 19.4. The molecular weight excluding hydrogens is 331 g/mol. The Morgan fingerprint density at radius 1 is 1.12 bits per heavy atom. The smallest absolute Gasteiger partial charge is 0.389 e. The number of benzene rings is 1. The molecule has 0 heterocycles. The summed E-state index contributed by atoms with van der Waals surface area (Å²) in [6.07, 6.45) is -0.660. The number of amides is 1. The highest BCUT2D eigenvalue weighted by molar-refractivity contribution is 5.82. The third-order valence-electron chi connectivity index (χ3n) is 6.41. The first-order chi connectivity index (χ1) is 11.8. The van der Waals surface area contributed by atoms with Crippen LogP contribution in [0.5, 0.6) is 0 Å². The molecule has 6 atom stereocenters. The minimum absolute atomic E-state index is 0.162. The van der Waals surface area contributed by atoms with Crippen LogP contribution in [0.25, 0.3) is 0 Å². The zero-order valence-electron chi connectivity index (χ0n) is 13.8. The van der Waals surface area contributed by atoms with Crippen LogP contribution in [0.4, 0.5) is 13.2 Å². The summed E-state index contributed by atoms with van der Waals surface area (Å²) in [4.78, 5) is 11.7. The van der Waals surface area contributed by atoms with E-state index in [-0.39, 0.29) is 11.8 Å². The van der Waals surface area contributed by atoms with Gasteiger partial charge in [-0.2, -0.15) is 13.2 Å². The molecule has 0 radical (unpaired) electrons. The Hall–Kier alpha value is -1.56. The lowest BCUT2D eigenvalue weighted by atomic mass is 9.48. The van der Waals surface area contributed by atoms with Crippen molar-refractivity contribution >= 4 is 5.91 Å². The highest BCUT2D eigenvalue weighted by Gasteiger charge is 2.59. The fraction of sp³-hybridized carbons (Fsp3) is 0.632. The predicted octanol–water partition coefficient (Wildman–Crippen LogP) is 3.59. The normalized spacial score (nSPS) is 37.8. The Morgan fingerprint density at radius 2 is 1.72 bits per heavy atom. The maximum atomic E-state index is 12.9. The summed E-state index contributed by atoms with van der Waals surface area (Å²) in [5, 5.41) is 13.5. The van der Waals surface area contributed by atoms with Crippen LogP contribution < -0.4 is 5.32 Å². The van der Waals surface area contributed by atoms with Gasteiger partial charge < -0.3 is 10.4 Å².